The van der Waals surface area contributed by atoms with E-state index in [-0.39, 0.29) is 24.4 Å². The second-order valence-electron chi connectivity index (χ2n) is 7.56. The Morgan fingerprint density at radius 2 is 1.89 bits per heavy atom. The van der Waals surface area contributed by atoms with Gasteiger partial charge in [-0.25, -0.2) is 0 Å². The number of carbonyl (C=O) groups excluding carboxylic acids is 2. The number of hydrogen-bond acceptors (Lipinski definition) is 3. The number of nitrogens with one attached hydrogen (secondary N) is 2. The lowest BCUT2D eigenvalue weighted by molar-refractivity contribution is -0.901. The van der Waals surface area contributed by atoms with Crippen molar-refractivity contribution in [2.24, 2.45) is 0 Å². The summed E-state index contributed by atoms with van der Waals surface area (Å²) in [7, 11) is 0. The third-order valence-corrected chi connectivity index (χ3v) is 5.47. The minimum absolute atomic E-state index is 0.0899. The molecule has 3 atom stereocenters. The summed E-state index contributed by atoms with van der Waals surface area (Å²) in [6, 6.07) is 17.9. The first-order chi connectivity index (χ1) is 13.6. The smallest absolute Gasteiger partial charge is 0.263 e. The molecule has 28 heavy (non-hydrogen) atoms. The molecular weight excluding hydrogens is 354 g/mol. The minimum Gasteiger partial charge on any atom is -0.477 e. The summed E-state index contributed by atoms with van der Waals surface area (Å²) >= 11 is 0. The molecule has 2 aromatic rings. The van der Waals surface area contributed by atoms with Crippen LogP contribution in [-0.2, 0) is 16.1 Å². The number of fused-ring (bicyclic) bond motifs is 1. The summed E-state index contributed by atoms with van der Waals surface area (Å²) in [5.41, 5.74) is 2.03. The van der Waals surface area contributed by atoms with Crippen LogP contribution in [-0.4, -0.2) is 43.6 Å². The van der Waals surface area contributed by atoms with E-state index in [4.69, 9.17) is 4.74 Å². The van der Waals surface area contributed by atoms with Gasteiger partial charge in [0.1, 0.15) is 12.3 Å². The zero-order valence-corrected chi connectivity index (χ0v) is 16.1. The Hall–Kier alpha value is -2.86. The number of ether oxygens (including phenoxy) is 1. The summed E-state index contributed by atoms with van der Waals surface area (Å²) in [6.45, 7) is 4.66. The number of quaternary nitrogens is 1. The lowest BCUT2D eigenvalue weighted by Gasteiger charge is -2.33. The fourth-order valence-corrected chi connectivity index (χ4v) is 4.06. The van der Waals surface area contributed by atoms with Crippen molar-refractivity contribution in [1.82, 2.24) is 5.32 Å². The van der Waals surface area contributed by atoms with Gasteiger partial charge >= 0.3 is 0 Å². The van der Waals surface area contributed by atoms with E-state index in [9.17, 15) is 9.59 Å². The number of hydrogen-bond donors (Lipinski definition) is 2. The molecule has 2 amide bonds. The molecule has 0 spiro atoms. The van der Waals surface area contributed by atoms with E-state index in [2.05, 4.69) is 29.6 Å². The topological polar surface area (TPSA) is 63.1 Å². The van der Waals surface area contributed by atoms with E-state index in [1.165, 1.54) is 17.4 Å². The molecule has 0 saturated carbocycles. The van der Waals surface area contributed by atoms with Crippen LogP contribution in [0.4, 0.5) is 5.69 Å². The standard InChI is InChI=1S/C22H25N3O3/c1-16(26)25-15-21(28-20-10-6-5-9-19(20)25)22(27)23-18-11-12-24(14-18)13-17-7-3-2-4-8-17/h2-10,18,21H,11-15H2,1H3,(H,23,27)/p+1/t18-,21+/m1/s1. The molecule has 0 bridgehead atoms. The van der Waals surface area contributed by atoms with Gasteiger partial charge in [-0.1, -0.05) is 42.5 Å². The van der Waals surface area contributed by atoms with Crippen molar-refractivity contribution in [1.29, 1.82) is 0 Å². The van der Waals surface area contributed by atoms with E-state index in [0.29, 0.717) is 5.75 Å². The number of amides is 2. The van der Waals surface area contributed by atoms with Crippen molar-refractivity contribution in [3.63, 3.8) is 0 Å². The van der Waals surface area contributed by atoms with Crippen LogP contribution in [0.2, 0.25) is 0 Å². The number of likely N-dealkylation sites (tertiary alicyclic amines) is 1. The highest BCUT2D eigenvalue weighted by atomic mass is 16.5. The van der Waals surface area contributed by atoms with Gasteiger partial charge in [0.05, 0.1) is 31.4 Å². The molecule has 1 saturated heterocycles. The minimum atomic E-state index is -0.683. The van der Waals surface area contributed by atoms with Crippen molar-refractivity contribution in [3.8, 4) is 5.75 Å². The molecule has 0 aliphatic carbocycles. The molecule has 6 nitrogen and oxygen atoms in total. The van der Waals surface area contributed by atoms with Crippen LogP contribution in [0.5, 0.6) is 5.75 Å². The lowest BCUT2D eigenvalue weighted by atomic mass is 10.1. The van der Waals surface area contributed by atoms with Gasteiger partial charge in [-0.3, -0.25) is 9.59 Å². The average molecular weight is 380 g/mol. The average Bonchev–Trinajstić information content (AvgIpc) is 3.14. The number of anilines is 1. The van der Waals surface area contributed by atoms with Crippen LogP contribution in [0.25, 0.3) is 0 Å². The first kappa shape index (κ1) is 18.5. The van der Waals surface area contributed by atoms with Gasteiger partial charge in [0, 0.05) is 18.9 Å². The number of rotatable bonds is 4. The Balaban J connectivity index is 1.36. The maximum Gasteiger partial charge on any atom is 0.263 e. The van der Waals surface area contributed by atoms with Crippen LogP contribution in [0.15, 0.2) is 54.6 Å². The molecule has 2 heterocycles. The maximum absolute atomic E-state index is 12.8. The summed E-state index contributed by atoms with van der Waals surface area (Å²) in [6.07, 6.45) is 0.269. The molecule has 2 aromatic carbocycles. The van der Waals surface area contributed by atoms with Crippen LogP contribution >= 0.6 is 0 Å². The molecule has 6 heteroatoms. The largest absolute Gasteiger partial charge is 0.477 e. The van der Waals surface area contributed by atoms with Gasteiger partial charge in [0.15, 0.2) is 6.10 Å². The summed E-state index contributed by atoms with van der Waals surface area (Å²) in [4.78, 5) is 27.9. The molecule has 0 aromatic heterocycles. The Bertz CT molecular complexity index is 855. The molecule has 1 unspecified atom stereocenters. The number of benzene rings is 2. The normalized spacial score (nSPS) is 23.6. The molecule has 146 valence electrons. The van der Waals surface area contributed by atoms with E-state index < -0.39 is 6.10 Å². The van der Waals surface area contributed by atoms with E-state index in [1.807, 2.05) is 24.3 Å². The van der Waals surface area contributed by atoms with Crippen molar-refractivity contribution in [2.75, 3.05) is 24.5 Å². The Morgan fingerprint density at radius 3 is 2.68 bits per heavy atom. The van der Waals surface area contributed by atoms with Crippen LogP contribution in [0, 0.1) is 0 Å². The molecule has 4 rings (SSSR count). The zero-order chi connectivity index (χ0) is 19.5. The zero-order valence-electron chi connectivity index (χ0n) is 16.1. The fourth-order valence-electron chi connectivity index (χ4n) is 4.06. The predicted molar refractivity (Wildman–Crippen MR) is 106 cm³/mol. The number of para-hydroxylation sites is 2. The monoisotopic (exact) mass is 380 g/mol. The molecule has 0 radical (unpaired) electrons. The van der Waals surface area contributed by atoms with Gasteiger partial charge in [-0.15, -0.1) is 0 Å². The summed E-state index contributed by atoms with van der Waals surface area (Å²) in [5, 5.41) is 3.13. The highest BCUT2D eigenvalue weighted by molar-refractivity contribution is 5.95. The molecule has 2 aliphatic heterocycles. The third-order valence-electron chi connectivity index (χ3n) is 5.47. The second-order valence-corrected chi connectivity index (χ2v) is 7.56. The lowest BCUT2D eigenvalue weighted by Crippen LogP contribution is -3.09. The van der Waals surface area contributed by atoms with Crippen LogP contribution in [0.3, 0.4) is 0 Å². The van der Waals surface area contributed by atoms with Gasteiger partial charge in [-0.05, 0) is 12.1 Å². The van der Waals surface area contributed by atoms with Gasteiger partial charge < -0.3 is 19.9 Å². The summed E-state index contributed by atoms with van der Waals surface area (Å²) < 4.78 is 5.89. The van der Waals surface area contributed by atoms with Gasteiger partial charge in [0.25, 0.3) is 5.91 Å². The van der Waals surface area contributed by atoms with Gasteiger partial charge in [0.2, 0.25) is 5.91 Å². The van der Waals surface area contributed by atoms with Crippen LogP contribution in [0.1, 0.15) is 18.9 Å². The van der Waals surface area contributed by atoms with E-state index >= 15 is 0 Å². The number of nitrogens with zero attached hydrogens (tertiary/aromatic N) is 1. The molecule has 2 aliphatic rings. The Labute approximate surface area is 165 Å². The highest BCUT2D eigenvalue weighted by Crippen LogP contribution is 2.33. The Kier molecular flexibility index (Phi) is 5.30. The first-order valence-electron chi connectivity index (χ1n) is 9.82. The van der Waals surface area contributed by atoms with Crippen molar-refractivity contribution in [2.45, 2.75) is 32.0 Å². The van der Waals surface area contributed by atoms with Crippen LogP contribution < -0.4 is 19.9 Å². The molecule has 1 fully saturated rings. The number of carbonyl (C=O) groups is 2. The van der Waals surface area contributed by atoms with Crippen molar-refractivity contribution < 1.29 is 19.2 Å². The summed E-state index contributed by atoms with van der Waals surface area (Å²) in [5.74, 6) is 0.339. The van der Waals surface area contributed by atoms with Crippen molar-refractivity contribution in [3.05, 3.63) is 60.2 Å². The first-order valence-corrected chi connectivity index (χ1v) is 9.82. The highest BCUT2D eigenvalue weighted by Gasteiger charge is 2.35. The van der Waals surface area contributed by atoms with Crippen molar-refractivity contribution >= 4 is 17.5 Å². The maximum atomic E-state index is 12.8. The Morgan fingerprint density at radius 1 is 1.14 bits per heavy atom. The fraction of sp³-hybridized carbons (Fsp3) is 0.364. The molecule has 2 N–H and O–H groups in total. The quantitative estimate of drug-likeness (QED) is 0.824. The predicted octanol–water partition coefficient (Wildman–Crippen LogP) is 0.774. The van der Waals surface area contributed by atoms with E-state index in [0.717, 1.165) is 31.7 Å². The second kappa shape index (κ2) is 8.02. The van der Waals surface area contributed by atoms with Gasteiger partial charge in [-0.2, -0.15) is 0 Å². The molecular formula is C22H26N3O3+. The van der Waals surface area contributed by atoms with E-state index in [1.54, 1.807) is 11.0 Å². The SMILES string of the molecule is CC(=O)N1C[C@@H](C(=O)N[C@@H]2CC[NH+](Cc3ccccc3)C2)Oc2ccccc21. The third kappa shape index (κ3) is 4.02.